The molecule has 0 aliphatic heterocycles. The predicted molar refractivity (Wildman–Crippen MR) is 76.5 cm³/mol. The minimum absolute atomic E-state index is 0.225. The Kier molecular flexibility index (Phi) is 3.93. The summed E-state index contributed by atoms with van der Waals surface area (Å²) in [6.07, 6.45) is 1.74. The highest BCUT2D eigenvalue weighted by Gasteiger charge is 2.13. The van der Waals surface area contributed by atoms with Gasteiger partial charge in [-0.3, -0.25) is 9.48 Å². The van der Waals surface area contributed by atoms with Gasteiger partial charge in [-0.25, -0.2) is 0 Å². The Morgan fingerprint density at radius 2 is 2.25 bits per heavy atom. The molecular weight excluding hydrogens is 256 g/mol. The van der Waals surface area contributed by atoms with Crippen LogP contribution in [0.3, 0.4) is 0 Å². The standard InChI is InChI=1S/C14H18N4O2/c1-9-10(8-17-18(9)2)7-16-14(19)12-6-11(15)4-5-13(12)20-3/h4-6,8H,7,15H2,1-3H3,(H,16,19). The largest absolute Gasteiger partial charge is 0.496 e. The summed E-state index contributed by atoms with van der Waals surface area (Å²) in [5, 5.41) is 6.98. The van der Waals surface area contributed by atoms with Crippen LogP contribution in [0.4, 0.5) is 5.69 Å². The number of nitrogen functional groups attached to an aromatic ring is 1. The third-order valence-electron chi connectivity index (χ3n) is 3.24. The molecule has 2 rings (SSSR count). The van der Waals surface area contributed by atoms with E-state index in [1.807, 2.05) is 14.0 Å². The Bertz CT molecular complexity index is 634. The number of carbonyl (C=O) groups excluding carboxylic acids is 1. The average molecular weight is 274 g/mol. The first kappa shape index (κ1) is 13.9. The molecule has 0 spiro atoms. The Hall–Kier alpha value is -2.50. The number of benzene rings is 1. The van der Waals surface area contributed by atoms with Crippen molar-refractivity contribution >= 4 is 11.6 Å². The van der Waals surface area contributed by atoms with Gasteiger partial charge in [-0.1, -0.05) is 0 Å². The fraction of sp³-hybridized carbons (Fsp3) is 0.286. The fourth-order valence-corrected chi connectivity index (χ4v) is 1.89. The number of rotatable bonds is 4. The molecule has 20 heavy (non-hydrogen) atoms. The number of amides is 1. The third-order valence-corrected chi connectivity index (χ3v) is 3.24. The second kappa shape index (κ2) is 5.64. The molecule has 6 nitrogen and oxygen atoms in total. The molecule has 0 unspecified atom stereocenters. The fourth-order valence-electron chi connectivity index (χ4n) is 1.89. The van der Waals surface area contributed by atoms with Gasteiger partial charge in [0, 0.05) is 30.5 Å². The van der Waals surface area contributed by atoms with Crippen molar-refractivity contribution in [2.45, 2.75) is 13.5 Å². The van der Waals surface area contributed by atoms with Crippen LogP contribution in [0, 0.1) is 6.92 Å². The molecule has 6 heteroatoms. The SMILES string of the molecule is COc1ccc(N)cc1C(=O)NCc1cnn(C)c1C. The van der Waals surface area contributed by atoms with Crippen LogP contribution < -0.4 is 15.8 Å². The normalized spacial score (nSPS) is 10.3. The van der Waals surface area contributed by atoms with Crippen LogP contribution >= 0.6 is 0 Å². The second-order valence-electron chi connectivity index (χ2n) is 4.52. The van der Waals surface area contributed by atoms with Gasteiger partial charge in [0.15, 0.2) is 0 Å². The molecule has 1 aromatic heterocycles. The molecule has 0 saturated heterocycles. The molecule has 3 N–H and O–H groups in total. The number of nitrogens with one attached hydrogen (secondary N) is 1. The van der Waals surface area contributed by atoms with Gasteiger partial charge in [0.05, 0.1) is 18.9 Å². The highest BCUT2D eigenvalue weighted by Crippen LogP contribution is 2.21. The summed E-state index contributed by atoms with van der Waals surface area (Å²) in [6.45, 7) is 2.37. The van der Waals surface area contributed by atoms with Gasteiger partial charge in [-0.2, -0.15) is 5.10 Å². The Labute approximate surface area is 117 Å². The molecule has 0 bridgehead atoms. The number of nitrogens with two attached hydrogens (primary N) is 1. The van der Waals surface area contributed by atoms with E-state index in [-0.39, 0.29) is 5.91 Å². The van der Waals surface area contributed by atoms with Crippen LogP contribution in [0.5, 0.6) is 5.75 Å². The number of ether oxygens (including phenoxy) is 1. The van der Waals surface area contributed by atoms with E-state index in [1.54, 1.807) is 29.1 Å². The van der Waals surface area contributed by atoms with Crippen LogP contribution in [0.1, 0.15) is 21.6 Å². The van der Waals surface area contributed by atoms with Crippen molar-refractivity contribution in [3.05, 3.63) is 41.2 Å². The van der Waals surface area contributed by atoms with E-state index in [0.717, 1.165) is 11.3 Å². The van der Waals surface area contributed by atoms with Crippen LogP contribution in [0.2, 0.25) is 0 Å². The Morgan fingerprint density at radius 1 is 1.50 bits per heavy atom. The van der Waals surface area contributed by atoms with Crippen molar-refractivity contribution in [3.63, 3.8) is 0 Å². The minimum atomic E-state index is -0.225. The summed E-state index contributed by atoms with van der Waals surface area (Å²) in [7, 11) is 3.38. The number of nitrogens with zero attached hydrogens (tertiary/aromatic N) is 2. The minimum Gasteiger partial charge on any atom is -0.496 e. The number of hydrogen-bond acceptors (Lipinski definition) is 4. The lowest BCUT2D eigenvalue weighted by Crippen LogP contribution is -2.23. The number of carbonyl (C=O) groups is 1. The second-order valence-corrected chi connectivity index (χ2v) is 4.52. The first-order valence-corrected chi connectivity index (χ1v) is 6.22. The van der Waals surface area contributed by atoms with Crippen LogP contribution in [-0.2, 0) is 13.6 Å². The number of anilines is 1. The molecule has 0 radical (unpaired) electrons. The van der Waals surface area contributed by atoms with Crippen molar-refractivity contribution in [1.82, 2.24) is 15.1 Å². The smallest absolute Gasteiger partial charge is 0.255 e. The van der Waals surface area contributed by atoms with Crippen molar-refractivity contribution in [3.8, 4) is 5.75 Å². The van der Waals surface area contributed by atoms with Crippen molar-refractivity contribution < 1.29 is 9.53 Å². The first-order valence-electron chi connectivity index (χ1n) is 6.22. The van der Waals surface area contributed by atoms with Gasteiger partial charge >= 0.3 is 0 Å². The summed E-state index contributed by atoms with van der Waals surface area (Å²) < 4.78 is 6.93. The predicted octanol–water partition coefficient (Wildman–Crippen LogP) is 1.25. The molecule has 0 atom stereocenters. The quantitative estimate of drug-likeness (QED) is 0.822. The van der Waals surface area contributed by atoms with Crippen molar-refractivity contribution in [2.24, 2.45) is 7.05 Å². The van der Waals surface area contributed by atoms with Crippen LogP contribution in [0.25, 0.3) is 0 Å². The molecule has 0 fully saturated rings. The highest BCUT2D eigenvalue weighted by atomic mass is 16.5. The first-order chi connectivity index (χ1) is 9.52. The third kappa shape index (κ3) is 2.74. The molecule has 1 amide bonds. The molecule has 1 aromatic carbocycles. The zero-order valence-electron chi connectivity index (χ0n) is 11.8. The van der Waals surface area contributed by atoms with E-state index in [1.165, 1.54) is 7.11 Å². The zero-order valence-corrected chi connectivity index (χ0v) is 11.8. The Morgan fingerprint density at radius 3 is 2.85 bits per heavy atom. The summed E-state index contributed by atoms with van der Waals surface area (Å²) in [4.78, 5) is 12.2. The van der Waals surface area contributed by atoms with E-state index in [4.69, 9.17) is 10.5 Å². The van der Waals surface area contributed by atoms with Crippen LogP contribution in [0.15, 0.2) is 24.4 Å². The lowest BCUT2D eigenvalue weighted by molar-refractivity contribution is 0.0948. The van der Waals surface area contributed by atoms with Crippen molar-refractivity contribution in [2.75, 3.05) is 12.8 Å². The van der Waals surface area contributed by atoms with Gasteiger partial charge in [0.2, 0.25) is 0 Å². The number of methoxy groups -OCH3 is 1. The van der Waals surface area contributed by atoms with Gasteiger partial charge < -0.3 is 15.8 Å². The number of aromatic nitrogens is 2. The van der Waals surface area contributed by atoms with E-state index < -0.39 is 0 Å². The van der Waals surface area contributed by atoms with Gasteiger partial charge in [-0.15, -0.1) is 0 Å². The van der Waals surface area contributed by atoms with Crippen LogP contribution in [-0.4, -0.2) is 22.8 Å². The molecule has 0 aliphatic carbocycles. The lowest BCUT2D eigenvalue weighted by atomic mass is 10.1. The topological polar surface area (TPSA) is 82.2 Å². The highest BCUT2D eigenvalue weighted by molar-refractivity contribution is 5.97. The average Bonchev–Trinajstić information content (AvgIpc) is 2.76. The molecular formula is C14H18N4O2. The Balaban J connectivity index is 2.12. The van der Waals surface area contributed by atoms with E-state index in [0.29, 0.717) is 23.5 Å². The summed E-state index contributed by atoms with van der Waals surface area (Å²) in [5.74, 6) is 0.275. The summed E-state index contributed by atoms with van der Waals surface area (Å²) in [6, 6.07) is 4.98. The number of hydrogen-bond donors (Lipinski definition) is 2. The maximum atomic E-state index is 12.2. The maximum Gasteiger partial charge on any atom is 0.255 e. The monoisotopic (exact) mass is 274 g/mol. The van der Waals surface area contributed by atoms with Gasteiger partial charge in [0.1, 0.15) is 5.75 Å². The van der Waals surface area contributed by atoms with Gasteiger partial charge in [-0.05, 0) is 25.1 Å². The van der Waals surface area contributed by atoms with E-state index in [2.05, 4.69) is 10.4 Å². The molecule has 0 saturated carbocycles. The molecule has 1 heterocycles. The van der Waals surface area contributed by atoms with E-state index >= 15 is 0 Å². The maximum absolute atomic E-state index is 12.2. The van der Waals surface area contributed by atoms with Crippen molar-refractivity contribution in [1.29, 1.82) is 0 Å². The molecule has 0 aliphatic rings. The zero-order chi connectivity index (χ0) is 14.7. The van der Waals surface area contributed by atoms with Gasteiger partial charge in [0.25, 0.3) is 5.91 Å². The van der Waals surface area contributed by atoms with E-state index in [9.17, 15) is 4.79 Å². The number of aryl methyl sites for hydroxylation is 1. The molecule has 106 valence electrons. The summed E-state index contributed by atoms with van der Waals surface area (Å²) in [5.41, 5.74) is 8.65. The molecule has 2 aromatic rings. The lowest BCUT2D eigenvalue weighted by Gasteiger charge is -2.10. The summed E-state index contributed by atoms with van der Waals surface area (Å²) >= 11 is 0.